The smallest absolute Gasteiger partial charge is 0.161 e. The number of benzene rings is 1. The highest BCUT2D eigenvalue weighted by atomic mass is 16.5. The van der Waals surface area contributed by atoms with E-state index in [0.717, 1.165) is 30.2 Å². The van der Waals surface area contributed by atoms with Crippen molar-refractivity contribution in [3.8, 4) is 11.5 Å². The van der Waals surface area contributed by atoms with Gasteiger partial charge in [0.2, 0.25) is 0 Å². The van der Waals surface area contributed by atoms with E-state index in [0.29, 0.717) is 6.04 Å². The fourth-order valence-electron chi connectivity index (χ4n) is 3.25. The van der Waals surface area contributed by atoms with Gasteiger partial charge >= 0.3 is 0 Å². The van der Waals surface area contributed by atoms with Crippen LogP contribution in [0.1, 0.15) is 44.2 Å². The topological polar surface area (TPSA) is 47.7 Å². The van der Waals surface area contributed by atoms with E-state index < -0.39 is 0 Å². The highest BCUT2D eigenvalue weighted by molar-refractivity contribution is 5.43. The highest BCUT2D eigenvalue weighted by Crippen LogP contribution is 2.30. The normalized spacial score (nSPS) is 17.2. The van der Waals surface area contributed by atoms with Gasteiger partial charge in [-0.05, 0) is 37.1 Å². The molecule has 0 heterocycles. The lowest BCUT2D eigenvalue weighted by molar-refractivity contribution is 0.196. The second-order valence-corrected chi connectivity index (χ2v) is 5.75. The van der Waals surface area contributed by atoms with Crippen LogP contribution in [0.25, 0.3) is 0 Å². The number of nitrogens with two attached hydrogens (primary N) is 1. The summed E-state index contributed by atoms with van der Waals surface area (Å²) < 4.78 is 10.6. The van der Waals surface area contributed by atoms with Gasteiger partial charge in [0.1, 0.15) is 0 Å². The van der Waals surface area contributed by atoms with Crippen LogP contribution in [0, 0.1) is 0 Å². The molecule has 4 nitrogen and oxygen atoms in total. The van der Waals surface area contributed by atoms with Gasteiger partial charge in [0.25, 0.3) is 0 Å². The minimum absolute atomic E-state index is 0.00496. The van der Waals surface area contributed by atoms with Crippen molar-refractivity contribution in [2.75, 3.05) is 27.3 Å². The molecule has 1 fully saturated rings. The number of rotatable bonds is 7. The van der Waals surface area contributed by atoms with Crippen LogP contribution < -0.4 is 15.2 Å². The van der Waals surface area contributed by atoms with E-state index in [1.54, 1.807) is 14.2 Å². The van der Waals surface area contributed by atoms with Crippen LogP contribution in [0.5, 0.6) is 11.5 Å². The molecule has 0 bridgehead atoms. The summed E-state index contributed by atoms with van der Waals surface area (Å²) in [6.45, 7) is 4.18. The molecule has 118 valence electrons. The number of hydrogen-bond donors (Lipinski definition) is 1. The fraction of sp³-hybridized carbons (Fsp3) is 0.647. The molecule has 0 saturated heterocycles. The Morgan fingerprint density at radius 2 is 1.86 bits per heavy atom. The van der Waals surface area contributed by atoms with E-state index in [2.05, 4.69) is 11.8 Å². The van der Waals surface area contributed by atoms with E-state index in [4.69, 9.17) is 15.2 Å². The summed E-state index contributed by atoms with van der Waals surface area (Å²) in [6, 6.07) is 6.67. The quantitative estimate of drug-likeness (QED) is 0.839. The summed E-state index contributed by atoms with van der Waals surface area (Å²) in [7, 11) is 3.31. The van der Waals surface area contributed by atoms with E-state index in [-0.39, 0.29) is 6.04 Å². The molecule has 0 spiro atoms. The Labute approximate surface area is 128 Å². The van der Waals surface area contributed by atoms with Gasteiger partial charge in [-0.15, -0.1) is 0 Å². The monoisotopic (exact) mass is 292 g/mol. The Morgan fingerprint density at radius 3 is 2.43 bits per heavy atom. The van der Waals surface area contributed by atoms with Crippen molar-refractivity contribution >= 4 is 0 Å². The van der Waals surface area contributed by atoms with Gasteiger partial charge < -0.3 is 15.2 Å². The Balaban J connectivity index is 2.06. The van der Waals surface area contributed by atoms with Crippen molar-refractivity contribution in [2.45, 2.75) is 44.7 Å². The van der Waals surface area contributed by atoms with Crippen molar-refractivity contribution in [1.82, 2.24) is 4.90 Å². The minimum Gasteiger partial charge on any atom is -0.493 e. The molecule has 4 heteroatoms. The lowest BCUT2D eigenvalue weighted by Crippen LogP contribution is -2.38. The maximum absolute atomic E-state index is 6.42. The summed E-state index contributed by atoms with van der Waals surface area (Å²) in [4.78, 5) is 2.52. The van der Waals surface area contributed by atoms with Crippen LogP contribution in [0.4, 0.5) is 0 Å². The molecule has 1 aliphatic carbocycles. The van der Waals surface area contributed by atoms with Crippen LogP contribution in [0.3, 0.4) is 0 Å². The van der Waals surface area contributed by atoms with Crippen molar-refractivity contribution in [1.29, 1.82) is 0 Å². The lowest BCUT2D eigenvalue weighted by Gasteiger charge is -2.30. The zero-order valence-electron chi connectivity index (χ0n) is 13.5. The highest BCUT2D eigenvalue weighted by Gasteiger charge is 2.23. The van der Waals surface area contributed by atoms with E-state index >= 15 is 0 Å². The van der Waals surface area contributed by atoms with Gasteiger partial charge in [-0.2, -0.15) is 0 Å². The molecule has 21 heavy (non-hydrogen) atoms. The van der Waals surface area contributed by atoms with Gasteiger partial charge in [-0.25, -0.2) is 0 Å². The van der Waals surface area contributed by atoms with Crippen molar-refractivity contribution in [3.05, 3.63) is 23.8 Å². The van der Waals surface area contributed by atoms with Gasteiger partial charge in [0, 0.05) is 18.6 Å². The van der Waals surface area contributed by atoms with Gasteiger partial charge in [0.05, 0.1) is 14.2 Å². The molecular weight excluding hydrogens is 264 g/mol. The maximum Gasteiger partial charge on any atom is 0.161 e. The summed E-state index contributed by atoms with van der Waals surface area (Å²) in [5.41, 5.74) is 7.52. The zero-order valence-corrected chi connectivity index (χ0v) is 13.5. The molecular formula is C17H28N2O2. The summed E-state index contributed by atoms with van der Waals surface area (Å²) in [5.74, 6) is 1.49. The number of methoxy groups -OCH3 is 2. The molecule has 1 aromatic carbocycles. The Morgan fingerprint density at radius 1 is 1.19 bits per heavy atom. The van der Waals surface area contributed by atoms with E-state index in [9.17, 15) is 0 Å². The lowest BCUT2D eigenvalue weighted by atomic mass is 10.0. The molecule has 2 N–H and O–H groups in total. The summed E-state index contributed by atoms with van der Waals surface area (Å²) >= 11 is 0. The minimum atomic E-state index is 0.00496. The van der Waals surface area contributed by atoms with Crippen molar-refractivity contribution < 1.29 is 9.47 Å². The predicted molar refractivity (Wildman–Crippen MR) is 86.0 cm³/mol. The first-order valence-corrected chi connectivity index (χ1v) is 7.91. The first-order valence-electron chi connectivity index (χ1n) is 7.91. The second-order valence-electron chi connectivity index (χ2n) is 5.75. The van der Waals surface area contributed by atoms with Crippen LogP contribution >= 0.6 is 0 Å². The Bertz CT molecular complexity index is 444. The maximum atomic E-state index is 6.42. The molecule has 1 atom stereocenters. The van der Waals surface area contributed by atoms with E-state index in [1.165, 1.54) is 25.7 Å². The number of likely N-dealkylation sites (N-methyl/N-ethyl adjacent to an activating group) is 1. The third-order valence-electron chi connectivity index (χ3n) is 4.51. The van der Waals surface area contributed by atoms with Gasteiger partial charge in [0.15, 0.2) is 11.5 Å². The number of nitrogens with zero attached hydrogens (tertiary/aromatic N) is 1. The standard InChI is InChI=1S/C17H28N2O2/c1-4-19(14-7-5-6-8-14)12-15(18)13-9-10-16(20-2)17(11-13)21-3/h9-11,14-15H,4-8,12,18H2,1-3H3. The molecule has 2 rings (SSSR count). The van der Waals surface area contributed by atoms with E-state index in [1.807, 2.05) is 18.2 Å². The second kappa shape index (κ2) is 7.66. The van der Waals surface area contributed by atoms with Crippen LogP contribution in [-0.4, -0.2) is 38.3 Å². The zero-order chi connectivity index (χ0) is 15.2. The molecule has 1 aliphatic rings. The third kappa shape index (κ3) is 3.89. The molecule has 0 amide bonds. The van der Waals surface area contributed by atoms with Crippen LogP contribution in [-0.2, 0) is 0 Å². The van der Waals surface area contributed by atoms with Gasteiger partial charge in [-0.1, -0.05) is 25.8 Å². The van der Waals surface area contributed by atoms with Crippen molar-refractivity contribution in [2.24, 2.45) is 5.73 Å². The first-order chi connectivity index (χ1) is 10.2. The molecule has 0 aromatic heterocycles. The van der Waals surface area contributed by atoms with Crippen LogP contribution in [0.15, 0.2) is 18.2 Å². The molecule has 1 unspecified atom stereocenters. The number of hydrogen-bond acceptors (Lipinski definition) is 4. The average Bonchev–Trinajstić information content (AvgIpc) is 3.05. The summed E-state index contributed by atoms with van der Waals surface area (Å²) in [6.07, 6.45) is 5.33. The van der Waals surface area contributed by atoms with Crippen molar-refractivity contribution in [3.63, 3.8) is 0 Å². The first kappa shape index (κ1) is 16.1. The SMILES string of the molecule is CCN(CC(N)c1ccc(OC)c(OC)c1)C1CCCC1. The Hall–Kier alpha value is -1.26. The fourth-order valence-corrected chi connectivity index (χ4v) is 3.25. The van der Waals surface area contributed by atoms with Gasteiger partial charge in [-0.3, -0.25) is 4.90 Å². The third-order valence-corrected chi connectivity index (χ3v) is 4.51. The molecule has 0 aliphatic heterocycles. The molecule has 1 aromatic rings. The number of ether oxygens (including phenoxy) is 2. The Kier molecular flexibility index (Phi) is 5.88. The molecule has 0 radical (unpaired) electrons. The average molecular weight is 292 g/mol. The predicted octanol–water partition coefficient (Wildman–Crippen LogP) is 2.97. The summed E-state index contributed by atoms with van der Waals surface area (Å²) in [5, 5.41) is 0. The largest absolute Gasteiger partial charge is 0.493 e. The van der Waals surface area contributed by atoms with Crippen LogP contribution in [0.2, 0.25) is 0 Å². The molecule has 1 saturated carbocycles.